The number of aromatic nitrogens is 2. The lowest BCUT2D eigenvalue weighted by atomic mass is 10.3. The third-order valence-electron chi connectivity index (χ3n) is 3.25. The second kappa shape index (κ2) is 6.15. The minimum absolute atomic E-state index is 0.126. The van der Waals surface area contributed by atoms with Crippen molar-refractivity contribution in [3.63, 3.8) is 0 Å². The second-order valence-electron chi connectivity index (χ2n) is 4.52. The molecule has 2 heterocycles. The van der Waals surface area contributed by atoms with Gasteiger partial charge in [-0.05, 0) is 6.92 Å². The molecule has 0 spiro atoms. The van der Waals surface area contributed by atoms with Gasteiger partial charge in [0.15, 0.2) is 9.84 Å². The molecule has 1 fully saturated rings. The Bertz CT molecular complexity index is 578. The number of rotatable bonds is 4. The molecule has 1 aromatic rings. The molecule has 1 aliphatic heterocycles. The van der Waals surface area contributed by atoms with Crippen molar-refractivity contribution in [3.8, 4) is 0 Å². The Morgan fingerprint density at radius 1 is 1.60 bits per heavy atom. The van der Waals surface area contributed by atoms with Gasteiger partial charge in [0, 0.05) is 35.6 Å². The normalized spacial score (nSPS) is 19.9. The van der Waals surface area contributed by atoms with Crippen LogP contribution in [0.1, 0.15) is 12.5 Å². The molecule has 0 aromatic carbocycles. The number of hydrazine groups is 1. The number of nitrogens with zero attached hydrogens (tertiary/aromatic N) is 3. The van der Waals surface area contributed by atoms with Gasteiger partial charge in [0.1, 0.15) is 11.2 Å². The van der Waals surface area contributed by atoms with Gasteiger partial charge in [-0.3, -0.25) is 5.43 Å². The number of hydrogen-bond donors (Lipinski definition) is 2. The summed E-state index contributed by atoms with van der Waals surface area (Å²) in [7, 11) is -3.16. The molecule has 0 amide bonds. The summed E-state index contributed by atoms with van der Waals surface area (Å²) in [5.41, 5.74) is 3.24. The summed E-state index contributed by atoms with van der Waals surface area (Å²) in [4.78, 5) is 10.2. The van der Waals surface area contributed by atoms with Gasteiger partial charge >= 0.3 is 0 Å². The molecule has 20 heavy (non-hydrogen) atoms. The van der Waals surface area contributed by atoms with Crippen LogP contribution in [-0.4, -0.2) is 47.6 Å². The highest BCUT2D eigenvalue weighted by atomic mass is 32.2. The number of anilines is 2. The summed E-state index contributed by atoms with van der Waals surface area (Å²) in [6, 6.07) is 0. The smallest absolute Gasteiger partial charge is 0.239 e. The van der Waals surface area contributed by atoms with Crippen molar-refractivity contribution in [1.29, 1.82) is 0 Å². The minimum Gasteiger partial charge on any atom is -0.338 e. The fourth-order valence-electron chi connectivity index (χ4n) is 2.11. The summed E-state index contributed by atoms with van der Waals surface area (Å²) < 4.78 is 24.5. The fraction of sp³-hybridized carbons (Fsp3) is 0.636. The van der Waals surface area contributed by atoms with Crippen molar-refractivity contribution in [2.45, 2.75) is 19.2 Å². The van der Waals surface area contributed by atoms with Gasteiger partial charge in [0.25, 0.3) is 0 Å². The molecule has 0 radical (unpaired) electrons. The first-order chi connectivity index (χ1) is 9.49. The maximum Gasteiger partial charge on any atom is 0.239 e. The van der Waals surface area contributed by atoms with Crippen LogP contribution in [0.25, 0.3) is 0 Å². The Hall–Kier alpha value is -1.06. The number of thioether (sulfide) groups is 1. The maximum absolute atomic E-state index is 12.3. The van der Waals surface area contributed by atoms with Crippen LogP contribution in [0, 0.1) is 6.92 Å². The molecule has 0 saturated carbocycles. The lowest BCUT2D eigenvalue weighted by Gasteiger charge is -2.36. The first-order valence-electron chi connectivity index (χ1n) is 6.35. The molecule has 7 nitrogen and oxygen atoms in total. The average Bonchev–Trinajstić information content (AvgIpc) is 2.48. The maximum atomic E-state index is 12.3. The van der Waals surface area contributed by atoms with Gasteiger partial charge in [-0.1, -0.05) is 6.92 Å². The summed E-state index contributed by atoms with van der Waals surface area (Å²) in [6.45, 7) is 4.19. The van der Waals surface area contributed by atoms with E-state index in [9.17, 15) is 8.42 Å². The van der Waals surface area contributed by atoms with Gasteiger partial charge in [-0.25, -0.2) is 19.2 Å². The van der Waals surface area contributed by atoms with E-state index in [0.29, 0.717) is 18.1 Å². The van der Waals surface area contributed by atoms with Crippen molar-refractivity contribution in [2.75, 3.05) is 34.1 Å². The Labute approximate surface area is 123 Å². The topological polar surface area (TPSA) is 101 Å². The monoisotopic (exact) mass is 317 g/mol. The molecule has 1 unspecified atom stereocenters. The molecular weight excluding hydrogens is 298 g/mol. The number of sulfone groups is 1. The van der Waals surface area contributed by atoms with E-state index < -0.39 is 15.2 Å². The lowest BCUT2D eigenvalue weighted by Crippen LogP contribution is -2.48. The van der Waals surface area contributed by atoms with E-state index in [1.54, 1.807) is 24.9 Å². The molecule has 1 aliphatic rings. The molecular formula is C11H19N5O2S2. The van der Waals surface area contributed by atoms with Crippen molar-refractivity contribution in [3.05, 3.63) is 11.8 Å². The zero-order valence-electron chi connectivity index (χ0n) is 11.5. The molecule has 3 N–H and O–H groups in total. The number of aryl methyl sites for hydroxylation is 1. The molecule has 112 valence electrons. The Balaban J connectivity index is 2.42. The molecule has 0 aliphatic carbocycles. The van der Waals surface area contributed by atoms with Crippen LogP contribution in [0.3, 0.4) is 0 Å². The Kier molecular flexibility index (Phi) is 4.71. The number of hydrogen-bond acceptors (Lipinski definition) is 8. The van der Waals surface area contributed by atoms with Crippen molar-refractivity contribution >= 4 is 33.4 Å². The molecule has 0 bridgehead atoms. The van der Waals surface area contributed by atoms with Crippen LogP contribution in [0.5, 0.6) is 0 Å². The molecule has 2 rings (SSSR count). The van der Waals surface area contributed by atoms with Crippen LogP contribution in [-0.2, 0) is 9.84 Å². The van der Waals surface area contributed by atoms with Crippen LogP contribution in [0.2, 0.25) is 0 Å². The first-order valence-corrected chi connectivity index (χ1v) is 9.22. The first kappa shape index (κ1) is 15.3. The van der Waals surface area contributed by atoms with E-state index in [-0.39, 0.29) is 11.7 Å². The van der Waals surface area contributed by atoms with E-state index in [0.717, 1.165) is 11.3 Å². The van der Waals surface area contributed by atoms with E-state index in [2.05, 4.69) is 15.4 Å². The third-order valence-corrected chi connectivity index (χ3v) is 6.54. The predicted octanol–water partition coefficient (Wildman–Crippen LogP) is 0.385. The SMILES string of the molecule is CCS(=O)(=O)C1CSCCN1c1nc(NN)ncc1C. The van der Waals surface area contributed by atoms with Crippen molar-refractivity contribution in [1.82, 2.24) is 9.97 Å². The van der Waals surface area contributed by atoms with Gasteiger partial charge in [0.2, 0.25) is 5.95 Å². The third kappa shape index (κ3) is 2.99. The summed E-state index contributed by atoms with van der Waals surface area (Å²) >= 11 is 1.65. The van der Waals surface area contributed by atoms with Gasteiger partial charge in [-0.2, -0.15) is 16.7 Å². The molecule has 1 saturated heterocycles. The van der Waals surface area contributed by atoms with Crippen molar-refractivity contribution < 1.29 is 8.42 Å². The second-order valence-corrected chi connectivity index (χ2v) is 8.12. The van der Waals surface area contributed by atoms with Gasteiger partial charge < -0.3 is 4.90 Å². The zero-order valence-corrected chi connectivity index (χ0v) is 13.2. The highest BCUT2D eigenvalue weighted by molar-refractivity contribution is 8.01. The quantitative estimate of drug-likeness (QED) is 0.607. The standard InChI is InChI=1S/C11H19N5O2S2/c1-3-20(17,18)9-7-19-5-4-16(9)10-8(2)6-13-11(14-10)15-12/h6,9H,3-5,7,12H2,1-2H3,(H,13,14,15). The highest BCUT2D eigenvalue weighted by Crippen LogP contribution is 2.28. The van der Waals surface area contributed by atoms with Crippen molar-refractivity contribution in [2.24, 2.45) is 5.84 Å². The summed E-state index contributed by atoms with van der Waals surface area (Å²) in [5, 5.41) is -0.537. The van der Waals surface area contributed by atoms with E-state index in [1.807, 2.05) is 11.8 Å². The van der Waals surface area contributed by atoms with E-state index in [4.69, 9.17) is 5.84 Å². The fourth-order valence-corrected chi connectivity index (χ4v) is 5.08. The Morgan fingerprint density at radius 2 is 2.35 bits per heavy atom. The number of nitrogens with one attached hydrogen (secondary N) is 1. The van der Waals surface area contributed by atoms with Gasteiger partial charge in [-0.15, -0.1) is 0 Å². The highest BCUT2D eigenvalue weighted by Gasteiger charge is 2.34. The number of nitrogen functional groups attached to an aromatic ring is 1. The summed E-state index contributed by atoms with van der Waals surface area (Å²) in [5.74, 6) is 7.82. The van der Waals surface area contributed by atoms with Crippen LogP contribution < -0.4 is 16.2 Å². The minimum atomic E-state index is -3.16. The molecule has 9 heteroatoms. The van der Waals surface area contributed by atoms with Gasteiger partial charge in [0.05, 0.1) is 0 Å². The number of nitrogens with two attached hydrogens (primary N) is 1. The Morgan fingerprint density at radius 3 is 3.00 bits per heavy atom. The zero-order chi connectivity index (χ0) is 14.8. The molecule has 1 atom stereocenters. The predicted molar refractivity (Wildman–Crippen MR) is 82.5 cm³/mol. The lowest BCUT2D eigenvalue weighted by molar-refractivity contribution is 0.578. The average molecular weight is 317 g/mol. The summed E-state index contributed by atoms with van der Waals surface area (Å²) in [6.07, 6.45) is 1.65. The molecule has 1 aromatic heterocycles. The van der Waals surface area contributed by atoms with E-state index >= 15 is 0 Å². The van der Waals surface area contributed by atoms with Crippen LogP contribution in [0.4, 0.5) is 11.8 Å². The largest absolute Gasteiger partial charge is 0.338 e. The van der Waals surface area contributed by atoms with E-state index in [1.165, 1.54) is 0 Å². The van der Waals surface area contributed by atoms with Crippen LogP contribution in [0.15, 0.2) is 6.20 Å². The van der Waals surface area contributed by atoms with Crippen LogP contribution >= 0.6 is 11.8 Å².